The molecule has 77 valence electrons. The SMILES string of the molecule is OC[CH]c1ccc(C(F)(F)F)cc1Br. The summed E-state index contributed by atoms with van der Waals surface area (Å²) in [5.41, 5.74) is -0.167. The average molecular weight is 268 g/mol. The topological polar surface area (TPSA) is 20.2 Å². The van der Waals surface area contributed by atoms with Crippen LogP contribution in [0.5, 0.6) is 0 Å². The Balaban J connectivity index is 3.01. The van der Waals surface area contributed by atoms with Crippen molar-refractivity contribution in [2.75, 3.05) is 6.61 Å². The lowest BCUT2D eigenvalue weighted by Gasteiger charge is -2.09. The maximum atomic E-state index is 12.2. The van der Waals surface area contributed by atoms with Crippen molar-refractivity contribution in [3.63, 3.8) is 0 Å². The molecule has 1 nitrogen and oxygen atoms in total. The first-order chi connectivity index (χ1) is 6.45. The number of alkyl halides is 3. The molecule has 1 aromatic carbocycles. The molecule has 0 amide bonds. The van der Waals surface area contributed by atoms with Crippen LogP contribution >= 0.6 is 15.9 Å². The van der Waals surface area contributed by atoms with E-state index in [-0.39, 0.29) is 6.61 Å². The number of aliphatic hydroxyl groups excluding tert-OH is 1. The molecule has 1 aromatic rings. The Morgan fingerprint density at radius 1 is 1.36 bits per heavy atom. The highest BCUT2D eigenvalue weighted by molar-refractivity contribution is 9.10. The van der Waals surface area contributed by atoms with Crippen molar-refractivity contribution in [2.45, 2.75) is 6.18 Å². The summed E-state index contributed by atoms with van der Waals surface area (Å²) >= 11 is 3.00. The van der Waals surface area contributed by atoms with Gasteiger partial charge in [-0.1, -0.05) is 22.0 Å². The molecular formula is C9H7BrF3O. The zero-order valence-corrected chi connectivity index (χ0v) is 8.56. The van der Waals surface area contributed by atoms with Gasteiger partial charge in [0.25, 0.3) is 0 Å². The van der Waals surface area contributed by atoms with Crippen LogP contribution in [-0.2, 0) is 6.18 Å². The predicted octanol–water partition coefficient (Wildman–Crippen LogP) is 3.01. The molecule has 5 heteroatoms. The van der Waals surface area contributed by atoms with Gasteiger partial charge >= 0.3 is 6.18 Å². The summed E-state index contributed by atoms with van der Waals surface area (Å²) in [5, 5.41) is 8.57. The summed E-state index contributed by atoms with van der Waals surface area (Å²) in [4.78, 5) is 0. The van der Waals surface area contributed by atoms with Crippen molar-refractivity contribution in [3.05, 3.63) is 40.2 Å². The third-order valence-electron chi connectivity index (χ3n) is 1.64. The lowest BCUT2D eigenvalue weighted by atomic mass is 10.1. The smallest absolute Gasteiger partial charge is 0.396 e. The second-order valence-electron chi connectivity index (χ2n) is 2.62. The molecule has 0 spiro atoms. The van der Waals surface area contributed by atoms with Gasteiger partial charge in [-0.05, 0) is 17.7 Å². The molecule has 0 fully saturated rings. The first kappa shape index (κ1) is 11.5. The van der Waals surface area contributed by atoms with Crippen LogP contribution in [0.25, 0.3) is 0 Å². The zero-order valence-electron chi connectivity index (χ0n) is 6.98. The van der Waals surface area contributed by atoms with E-state index in [2.05, 4.69) is 15.9 Å². The van der Waals surface area contributed by atoms with Crippen LogP contribution in [0.15, 0.2) is 22.7 Å². The lowest BCUT2D eigenvalue weighted by Crippen LogP contribution is -2.05. The highest BCUT2D eigenvalue weighted by Crippen LogP contribution is 2.32. The van der Waals surface area contributed by atoms with E-state index in [9.17, 15) is 13.2 Å². The van der Waals surface area contributed by atoms with E-state index in [1.165, 1.54) is 12.5 Å². The Morgan fingerprint density at radius 3 is 2.43 bits per heavy atom. The van der Waals surface area contributed by atoms with Crippen LogP contribution in [0.1, 0.15) is 11.1 Å². The van der Waals surface area contributed by atoms with Crippen LogP contribution in [0.4, 0.5) is 13.2 Å². The Hall–Kier alpha value is -0.550. The van der Waals surface area contributed by atoms with E-state index in [4.69, 9.17) is 5.11 Å². The minimum atomic E-state index is -4.33. The van der Waals surface area contributed by atoms with E-state index in [0.29, 0.717) is 10.0 Å². The fourth-order valence-corrected chi connectivity index (χ4v) is 1.51. The van der Waals surface area contributed by atoms with Crippen molar-refractivity contribution < 1.29 is 18.3 Å². The highest BCUT2D eigenvalue weighted by Gasteiger charge is 2.30. The van der Waals surface area contributed by atoms with Gasteiger partial charge in [0.2, 0.25) is 0 Å². The molecule has 0 saturated carbocycles. The molecule has 0 heterocycles. The molecule has 0 aliphatic rings. The van der Waals surface area contributed by atoms with Crippen LogP contribution in [0.2, 0.25) is 0 Å². The molecule has 0 unspecified atom stereocenters. The second-order valence-corrected chi connectivity index (χ2v) is 3.48. The van der Waals surface area contributed by atoms with E-state index in [1.54, 1.807) is 0 Å². The molecule has 0 aliphatic carbocycles. The third kappa shape index (κ3) is 2.72. The van der Waals surface area contributed by atoms with Gasteiger partial charge in [0.05, 0.1) is 12.2 Å². The van der Waals surface area contributed by atoms with Crippen molar-refractivity contribution in [3.8, 4) is 0 Å². The Bertz CT molecular complexity index is 322. The lowest BCUT2D eigenvalue weighted by molar-refractivity contribution is -0.137. The minimum Gasteiger partial charge on any atom is -0.396 e. The van der Waals surface area contributed by atoms with Crippen molar-refractivity contribution in [1.29, 1.82) is 0 Å². The summed E-state index contributed by atoms with van der Waals surface area (Å²) < 4.78 is 36.9. The van der Waals surface area contributed by atoms with Crippen LogP contribution in [0.3, 0.4) is 0 Å². The van der Waals surface area contributed by atoms with Crippen LogP contribution in [-0.4, -0.2) is 11.7 Å². The maximum absolute atomic E-state index is 12.2. The molecule has 1 rings (SSSR count). The molecule has 1 radical (unpaired) electrons. The van der Waals surface area contributed by atoms with Gasteiger partial charge in [-0.3, -0.25) is 0 Å². The molecule has 0 aromatic heterocycles. The number of aliphatic hydroxyl groups is 1. The number of hydrogen-bond acceptors (Lipinski definition) is 1. The van der Waals surface area contributed by atoms with E-state index in [1.807, 2.05) is 0 Å². The quantitative estimate of drug-likeness (QED) is 0.874. The summed E-state index contributed by atoms with van der Waals surface area (Å²) in [7, 11) is 0. The molecule has 14 heavy (non-hydrogen) atoms. The summed E-state index contributed by atoms with van der Waals surface area (Å²) in [6, 6.07) is 3.27. The molecule has 0 bridgehead atoms. The molecular weight excluding hydrogens is 261 g/mol. The first-order valence-electron chi connectivity index (χ1n) is 3.76. The largest absolute Gasteiger partial charge is 0.416 e. The van der Waals surface area contributed by atoms with Gasteiger partial charge in [-0.15, -0.1) is 0 Å². The van der Waals surface area contributed by atoms with Crippen LogP contribution < -0.4 is 0 Å². The number of halogens is 4. The van der Waals surface area contributed by atoms with E-state index >= 15 is 0 Å². The summed E-state index contributed by atoms with van der Waals surface area (Å²) in [5.74, 6) is 0. The minimum absolute atomic E-state index is 0.204. The van der Waals surface area contributed by atoms with Crippen molar-refractivity contribution in [1.82, 2.24) is 0 Å². The Kier molecular flexibility index (Phi) is 3.55. The van der Waals surface area contributed by atoms with Gasteiger partial charge in [0.15, 0.2) is 0 Å². The monoisotopic (exact) mass is 267 g/mol. The van der Waals surface area contributed by atoms with E-state index < -0.39 is 11.7 Å². The number of rotatable bonds is 2. The fraction of sp³-hybridized carbons (Fsp3) is 0.222. The fourth-order valence-electron chi connectivity index (χ4n) is 0.967. The normalized spacial score (nSPS) is 11.8. The van der Waals surface area contributed by atoms with Gasteiger partial charge in [-0.25, -0.2) is 0 Å². The predicted molar refractivity (Wildman–Crippen MR) is 49.6 cm³/mol. The van der Waals surface area contributed by atoms with E-state index in [0.717, 1.165) is 12.1 Å². The summed E-state index contributed by atoms with van der Waals surface area (Å²) in [6.07, 6.45) is -2.91. The van der Waals surface area contributed by atoms with Crippen LogP contribution in [0, 0.1) is 6.42 Å². The summed E-state index contributed by atoms with van der Waals surface area (Å²) in [6.45, 7) is -0.204. The Labute approximate surface area is 87.7 Å². The van der Waals surface area contributed by atoms with Crippen molar-refractivity contribution >= 4 is 15.9 Å². The number of hydrogen-bond donors (Lipinski definition) is 1. The molecule has 0 saturated heterocycles. The highest BCUT2D eigenvalue weighted by atomic mass is 79.9. The standard InChI is InChI=1S/C9H7BrF3O/c10-8-5-7(9(11,12)13)2-1-6(8)3-4-14/h1-3,5,14H,4H2. The second kappa shape index (κ2) is 4.31. The molecule has 0 atom stereocenters. The third-order valence-corrected chi connectivity index (χ3v) is 2.33. The maximum Gasteiger partial charge on any atom is 0.416 e. The molecule has 0 aliphatic heterocycles. The van der Waals surface area contributed by atoms with Crippen molar-refractivity contribution in [2.24, 2.45) is 0 Å². The van der Waals surface area contributed by atoms with Gasteiger partial charge in [0, 0.05) is 10.9 Å². The Morgan fingerprint density at radius 2 is 2.00 bits per heavy atom. The zero-order chi connectivity index (χ0) is 10.8. The molecule has 1 N–H and O–H groups in total. The van der Waals surface area contributed by atoms with Gasteiger partial charge in [0.1, 0.15) is 0 Å². The number of benzene rings is 1. The average Bonchev–Trinajstić information content (AvgIpc) is 2.07. The first-order valence-corrected chi connectivity index (χ1v) is 4.55. The van der Waals surface area contributed by atoms with Gasteiger partial charge < -0.3 is 5.11 Å². The van der Waals surface area contributed by atoms with Gasteiger partial charge in [-0.2, -0.15) is 13.2 Å².